The number of nitrogens with one attached hydrogen (secondary N) is 1. The van der Waals surface area contributed by atoms with E-state index in [-0.39, 0.29) is 30.7 Å². The van der Waals surface area contributed by atoms with Crippen molar-refractivity contribution in [1.82, 2.24) is 10.2 Å². The van der Waals surface area contributed by atoms with Crippen molar-refractivity contribution in [3.63, 3.8) is 0 Å². The lowest BCUT2D eigenvalue weighted by Gasteiger charge is -2.37. The number of nitro groups is 1. The number of likely N-dealkylation sites (tertiary alicyclic amines) is 1. The van der Waals surface area contributed by atoms with Crippen molar-refractivity contribution in [3.05, 3.63) is 63.4 Å². The second kappa shape index (κ2) is 6.76. The van der Waals surface area contributed by atoms with Gasteiger partial charge in [0.05, 0.1) is 12.0 Å². The lowest BCUT2D eigenvalue weighted by Crippen LogP contribution is -2.55. The summed E-state index contributed by atoms with van der Waals surface area (Å²) < 4.78 is 4.88. The molecule has 0 aliphatic carbocycles. The summed E-state index contributed by atoms with van der Waals surface area (Å²) in [5.41, 5.74) is 2.16. The molecule has 0 radical (unpaired) electrons. The van der Waals surface area contributed by atoms with Crippen molar-refractivity contribution in [3.8, 4) is 0 Å². The Kier molecular flexibility index (Phi) is 4.51. The Bertz CT molecular complexity index is 806. The van der Waals surface area contributed by atoms with Crippen LogP contribution in [0.5, 0.6) is 0 Å². The molecule has 1 fully saturated rings. The Balaban J connectivity index is 1.47. The highest BCUT2D eigenvalue weighted by Gasteiger charge is 2.37. The molecule has 8 nitrogen and oxygen atoms in total. The fraction of sp³-hybridized carbons (Fsp3) is 0.294. The van der Waals surface area contributed by atoms with E-state index in [2.05, 4.69) is 5.32 Å². The number of carbonyl (C=O) groups excluding carboxylic acids is 2. The second-order valence-corrected chi connectivity index (χ2v) is 6.01. The Morgan fingerprint density at radius 2 is 1.92 bits per heavy atom. The fourth-order valence-corrected chi connectivity index (χ4v) is 2.55. The van der Waals surface area contributed by atoms with Crippen LogP contribution in [0, 0.1) is 23.0 Å². The van der Waals surface area contributed by atoms with Crippen molar-refractivity contribution in [1.29, 1.82) is 0 Å². The average molecular weight is 343 g/mol. The van der Waals surface area contributed by atoms with E-state index >= 15 is 0 Å². The van der Waals surface area contributed by atoms with Gasteiger partial charge in [0.2, 0.25) is 5.91 Å². The molecule has 130 valence electrons. The Morgan fingerprint density at radius 3 is 2.52 bits per heavy atom. The molecule has 2 aromatic rings. The summed E-state index contributed by atoms with van der Waals surface area (Å²) in [7, 11) is 0. The maximum atomic E-state index is 12.1. The van der Waals surface area contributed by atoms with Crippen LogP contribution in [0.15, 0.2) is 40.8 Å². The number of furan rings is 1. The maximum absolute atomic E-state index is 12.1. The van der Waals surface area contributed by atoms with Gasteiger partial charge >= 0.3 is 5.88 Å². The standard InChI is InChI=1S/C17H17N3O5/c1-11-2-4-12(5-3-11)8-18-16(21)13-9-19(10-13)17(22)14-6-7-15(25-14)20(23)24/h2-7,13H,8-10H2,1H3,(H,18,21). The summed E-state index contributed by atoms with van der Waals surface area (Å²) in [6, 6.07) is 10.3. The van der Waals surface area contributed by atoms with Crippen molar-refractivity contribution in [2.24, 2.45) is 5.92 Å². The van der Waals surface area contributed by atoms with E-state index < -0.39 is 16.7 Å². The second-order valence-electron chi connectivity index (χ2n) is 6.01. The third kappa shape index (κ3) is 3.68. The van der Waals surface area contributed by atoms with E-state index in [1.165, 1.54) is 11.0 Å². The normalized spacial score (nSPS) is 14.0. The number of hydrogen-bond donors (Lipinski definition) is 1. The lowest BCUT2D eigenvalue weighted by atomic mass is 9.98. The molecule has 25 heavy (non-hydrogen) atoms. The monoisotopic (exact) mass is 343 g/mol. The molecule has 1 aliphatic rings. The van der Waals surface area contributed by atoms with Crippen LogP contribution in [0.3, 0.4) is 0 Å². The summed E-state index contributed by atoms with van der Waals surface area (Å²) in [4.78, 5) is 35.5. The summed E-state index contributed by atoms with van der Waals surface area (Å²) in [6.07, 6.45) is 0. The highest BCUT2D eigenvalue weighted by atomic mass is 16.6. The number of rotatable bonds is 5. The minimum absolute atomic E-state index is 0.0924. The first kappa shape index (κ1) is 16.7. The quantitative estimate of drug-likeness (QED) is 0.659. The van der Waals surface area contributed by atoms with Gasteiger partial charge in [0, 0.05) is 19.6 Å². The van der Waals surface area contributed by atoms with Gasteiger partial charge in [-0.25, -0.2) is 0 Å². The molecule has 8 heteroatoms. The number of amides is 2. The van der Waals surface area contributed by atoms with Crippen LogP contribution < -0.4 is 5.32 Å². The number of benzene rings is 1. The highest BCUT2D eigenvalue weighted by molar-refractivity contribution is 5.94. The molecule has 3 rings (SSSR count). The molecule has 1 aromatic heterocycles. The minimum Gasteiger partial charge on any atom is -0.395 e. The largest absolute Gasteiger partial charge is 0.433 e. The molecule has 0 saturated carbocycles. The predicted molar refractivity (Wildman–Crippen MR) is 87.8 cm³/mol. The summed E-state index contributed by atoms with van der Waals surface area (Å²) in [5, 5.41) is 13.4. The lowest BCUT2D eigenvalue weighted by molar-refractivity contribution is -0.402. The molecule has 0 atom stereocenters. The summed E-state index contributed by atoms with van der Waals surface area (Å²) >= 11 is 0. The summed E-state index contributed by atoms with van der Waals surface area (Å²) in [5.74, 6) is -1.41. The van der Waals surface area contributed by atoms with Gasteiger partial charge < -0.3 is 14.6 Å². The van der Waals surface area contributed by atoms with Crippen molar-refractivity contribution < 1.29 is 18.9 Å². The van der Waals surface area contributed by atoms with Crippen molar-refractivity contribution in [2.75, 3.05) is 13.1 Å². The number of aryl methyl sites for hydroxylation is 1. The zero-order valence-electron chi connectivity index (χ0n) is 13.6. The van der Waals surface area contributed by atoms with Gasteiger partial charge in [0.1, 0.15) is 4.92 Å². The van der Waals surface area contributed by atoms with E-state index in [0.29, 0.717) is 6.54 Å². The molecule has 1 N–H and O–H groups in total. The van der Waals surface area contributed by atoms with E-state index in [0.717, 1.165) is 17.2 Å². The van der Waals surface area contributed by atoms with Gasteiger partial charge in [0.15, 0.2) is 5.76 Å². The Hall–Kier alpha value is -3.16. The highest BCUT2D eigenvalue weighted by Crippen LogP contribution is 2.22. The number of hydrogen-bond acceptors (Lipinski definition) is 5. The zero-order valence-corrected chi connectivity index (χ0v) is 13.6. The van der Waals surface area contributed by atoms with Crippen molar-refractivity contribution >= 4 is 17.7 Å². The van der Waals surface area contributed by atoms with Crippen LogP contribution in [0.2, 0.25) is 0 Å². The minimum atomic E-state index is -0.700. The van der Waals surface area contributed by atoms with Gasteiger partial charge in [-0.05, 0) is 18.6 Å². The SMILES string of the molecule is Cc1ccc(CNC(=O)C2CN(C(=O)c3ccc([N+](=O)[O-])o3)C2)cc1. The van der Waals surface area contributed by atoms with Crippen LogP contribution in [0.1, 0.15) is 21.7 Å². The van der Waals surface area contributed by atoms with Gasteiger partial charge in [-0.1, -0.05) is 29.8 Å². The van der Waals surface area contributed by atoms with E-state index in [1.54, 1.807) is 0 Å². The smallest absolute Gasteiger partial charge is 0.395 e. The topological polar surface area (TPSA) is 106 Å². The van der Waals surface area contributed by atoms with E-state index in [1.807, 2.05) is 31.2 Å². The third-order valence-electron chi connectivity index (χ3n) is 4.11. The molecule has 2 amide bonds. The number of nitrogens with zero attached hydrogens (tertiary/aromatic N) is 2. The molecule has 1 aliphatic heterocycles. The molecule has 2 heterocycles. The first-order chi connectivity index (χ1) is 11.9. The van der Waals surface area contributed by atoms with Gasteiger partial charge in [0.25, 0.3) is 5.91 Å². The zero-order chi connectivity index (χ0) is 18.0. The van der Waals surface area contributed by atoms with Crippen LogP contribution in [0.25, 0.3) is 0 Å². The van der Waals surface area contributed by atoms with Gasteiger partial charge in [-0.2, -0.15) is 0 Å². The molecule has 0 unspecified atom stereocenters. The van der Waals surface area contributed by atoms with E-state index in [9.17, 15) is 19.7 Å². The molecular weight excluding hydrogens is 326 g/mol. The fourth-order valence-electron chi connectivity index (χ4n) is 2.55. The van der Waals surface area contributed by atoms with Crippen LogP contribution in [-0.4, -0.2) is 34.7 Å². The van der Waals surface area contributed by atoms with E-state index in [4.69, 9.17) is 4.42 Å². The Morgan fingerprint density at radius 1 is 1.24 bits per heavy atom. The molecule has 0 bridgehead atoms. The molecular formula is C17H17N3O5. The molecule has 1 saturated heterocycles. The van der Waals surface area contributed by atoms with Crippen LogP contribution >= 0.6 is 0 Å². The van der Waals surface area contributed by atoms with Gasteiger partial charge in [-0.15, -0.1) is 0 Å². The third-order valence-corrected chi connectivity index (χ3v) is 4.11. The maximum Gasteiger partial charge on any atom is 0.433 e. The molecule has 1 aromatic carbocycles. The van der Waals surface area contributed by atoms with Crippen molar-refractivity contribution in [2.45, 2.75) is 13.5 Å². The van der Waals surface area contributed by atoms with Crippen LogP contribution in [0.4, 0.5) is 5.88 Å². The molecule has 0 spiro atoms. The first-order valence-corrected chi connectivity index (χ1v) is 7.81. The number of carbonyl (C=O) groups is 2. The first-order valence-electron chi connectivity index (χ1n) is 7.81. The Labute approximate surface area is 143 Å². The van der Waals surface area contributed by atoms with Crippen LogP contribution in [-0.2, 0) is 11.3 Å². The average Bonchev–Trinajstić information content (AvgIpc) is 3.03. The van der Waals surface area contributed by atoms with Gasteiger partial charge in [-0.3, -0.25) is 19.7 Å². The predicted octanol–water partition coefficient (Wildman–Crippen LogP) is 1.88. The summed E-state index contributed by atoms with van der Waals surface area (Å²) in [6.45, 7) is 2.98.